The second-order valence-electron chi connectivity index (χ2n) is 16.6. The molecule has 0 amide bonds. The van der Waals surface area contributed by atoms with Crippen LogP contribution < -0.4 is 0 Å². The first-order valence-corrected chi connectivity index (χ1v) is 25.2. The summed E-state index contributed by atoms with van der Waals surface area (Å²) < 4.78 is 34.2. The Bertz CT molecular complexity index is 1070. The standard InChI is InChI=1S/C46H87O12P/c1-3-5-7-9-11-13-15-17-19-20-21-22-23-25-27-29-31-33-35-40(47)57-39(37-55-36-34-32-30-28-26-24-18-16-14-12-10-8-6-4-2)38-56-59(53,54)58-46-44(51)42(49)41(48)43(50)45(46)52/h13,15,19-20,39,41-46,48-52H,3-12,14,16-18,21-38H2,1-2H3,(H,53,54)/b15-13-,20-19-. The van der Waals surface area contributed by atoms with Crippen LogP contribution in [0.4, 0.5) is 0 Å². The molecule has 12 nitrogen and oxygen atoms in total. The minimum atomic E-state index is -5.02. The molecule has 0 saturated heterocycles. The maximum absolute atomic E-state index is 12.8. The van der Waals surface area contributed by atoms with Crippen molar-refractivity contribution < 1.29 is 58.3 Å². The molecular weight excluding hydrogens is 775 g/mol. The number of hydrogen-bond acceptors (Lipinski definition) is 11. The lowest BCUT2D eigenvalue weighted by Crippen LogP contribution is -2.64. The zero-order chi connectivity index (χ0) is 43.4. The first-order chi connectivity index (χ1) is 28.5. The minimum absolute atomic E-state index is 0.0759. The molecule has 0 aromatic carbocycles. The normalized spacial score (nSPS) is 22.6. The zero-order valence-electron chi connectivity index (χ0n) is 37.1. The van der Waals surface area contributed by atoms with Gasteiger partial charge in [-0.3, -0.25) is 13.8 Å². The van der Waals surface area contributed by atoms with E-state index in [1.165, 1.54) is 116 Å². The van der Waals surface area contributed by atoms with E-state index >= 15 is 0 Å². The molecule has 0 aromatic rings. The lowest BCUT2D eigenvalue weighted by molar-refractivity contribution is -0.220. The molecule has 59 heavy (non-hydrogen) atoms. The van der Waals surface area contributed by atoms with Gasteiger partial charge in [0.15, 0.2) is 0 Å². The molecule has 0 bridgehead atoms. The summed E-state index contributed by atoms with van der Waals surface area (Å²) in [6.07, 6.45) is 29.5. The highest BCUT2D eigenvalue weighted by Crippen LogP contribution is 2.47. The number of rotatable bonds is 40. The van der Waals surface area contributed by atoms with E-state index in [9.17, 15) is 39.8 Å². The monoisotopic (exact) mass is 863 g/mol. The Morgan fingerprint density at radius 3 is 1.44 bits per heavy atom. The number of esters is 1. The van der Waals surface area contributed by atoms with Crippen molar-refractivity contribution in [3.63, 3.8) is 0 Å². The maximum Gasteiger partial charge on any atom is 0.472 e. The van der Waals surface area contributed by atoms with Crippen molar-refractivity contribution in [2.45, 2.75) is 243 Å². The van der Waals surface area contributed by atoms with Crippen LogP contribution in [-0.4, -0.2) is 98.9 Å². The maximum atomic E-state index is 12.8. The van der Waals surface area contributed by atoms with E-state index in [1.54, 1.807) is 0 Å². The average Bonchev–Trinajstić information content (AvgIpc) is 3.22. The SMILES string of the molecule is CCCCCC/C=C\C/C=C\CCCCCCCCCC(=O)OC(COCCCCCCCCCCCCCCCC)COP(=O)(O)OC1C(O)C(O)C(O)C(O)C1O. The second-order valence-corrected chi connectivity index (χ2v) is 18.0. The quantitative estimate of drug-likeness (QED) is 0.0148. The summed E-state index contributed by atoms with van der Waals surface area (Å²) in [5.74, 6) is -0.483. The molecule has 1 rings (SSSR count). The highest BCUT2D eigenvalue weighted by atomic mass is 31.2. The first-order valence-electron chi connectivity index (χ1n) is 23.7. The Labute approximate surface area is 358 Å². The van der Waals surface area contributed by atoms with E-state index < -0.39 is 63.1 Å². The molecule has 1 saturated carbocycles. The fourth-order valence-corrected chi connectivity index (χ4v) is 8.24. The summed E-state index contributed by atoms with van der Waals surface area (Å²) in [5.41, 5.74) is 0. The predicted molar refractivity (Wildman–Crippen MR) is 235 cm³/mol. The van der Waals surface area contributed by atoms with Crippen LogP contribution in [0.2, 0.25) is 0 Å². The number of phosphoric acid groups is 1. The van der Waals surface area contributed by atoms with Crippen molar-refractivity contribution in [3.8, 4) is 0 Å². The lowest BCUT2D eigenvalue weighted by atomic mass is 9.85. The van der Waals surface area contributed by atoms with Crippen molar-refractivity contribution in [2.24, 2.45) is 0 Å². The molecule has 6 atom stereocenters. The minimum Gasteiger partial charge on any atom is -0.457 e. The molecule has 6 unspecified atom stereocenters. The van der Waals surface area contributed by atoms with Crippen molar-refractivity contribution in [1.82, 2.24) is 0 Å². The summed E-state index contributed by atoms with van der Waals surface area (Å²) >= 11 is 0. The van der Waals surface area contributed by atoms with Gasteiger partial charge in [0.2, 0.25) is 0 Å². The highest BCUT2D eigenvalue weighted by Gasteiger charge is 2.51. The molecule has 6 N–H and O–H groups in total. The van der Waals surface area contributed by atoms with Crippen LogP contribution in [0, 0.1) is 0 Å². The fraction of sp³-hybridized carbons (Fsp3) is 0.891. The van der Waals surface area contributed by atoms with Gasteiger partial charge in [-0.05, 0) is 44.9 Å². The van der Waals surface area contributed by atoms with E-state index in [0.29, 0.717) is 13.0 Å². The molecule has 0 radical (unpaired) electrons. The van der Waals surface area contributed by atoms with E-state index in [4.69, 9.17) is 18.5 Å². The summed E-state index contributed by atoms with van der Waals surface area (Å²) in [6.45, 7) is 4.25. The van der Waals surface area contributed by atoms with Gasteiger partial charge in [0.1, 0.15) is 42.7 Å². The number of hydrogen-bond donors (Lipinski definition) is 6. The topological polar surface area (TPSA) is 192 Å². The number of phosphoric ester groups is 1. The second kappa shape index (κ2) is 37.4. The van der Waals surface area contributed by atoms with Gasteiger partial charge in [-0.1, -0.05) is 173 Å². The van der Waals surface area contributed by atoms with Crippen LogP contribution in [0.15, 0.2) is 24.3 Å². The number of aliphatic hydroxyl groups excluding tert-OH is 5. The number of carbonyl (C=O) groups is 1. The van der Waals surface area contributed by atoms with Gasteiger partial charge in [0.25, 0.3) is 0 Å². The van der Waals surface area contributed by atoms with Gasteiger partial charge in [0.05, 0.1) is 13.2 Å². The number of allylic oxidation sites excluding steroid dienone is 4. The van der Waals surface area contributed by atoms with Gasteiger partial charge in [-0.25, -0.2) is 4.57 Å². The predicted octanol–water partition coefficient (Wildman–Crippen LogP) is 9.70. The smallest absolute Gasteiger partial charge is 0.457 e. The van der Waals surface area contributed by atoms with Crippen molar-refractivity contribution in [1.29, 1.82) is 0 Å². The van der Waals surface area contributed by atoms with E-state index in [0.717, 1.165) is 57.8 Å². The lowest BCUT2D eigenvalue weighted by Gasteiger charge is -2.41. The van der Waals surface area contributed by atoms with Crippen molar-refractivity contribution in [2.75, 3.05) is 19.8 Å². The Balaban J connectivity index is 2.38. The van der Waals surface area contributed by atoms with Crippen LogP contribution in [0.25, 0.3) is 0 Å². The average molecular weight is 863 g/mol. The molecule has 0 spiro atoms. The van der Waals surface area contributed by atoms with Gasteiger partial charge < -0.3 is 39.9 Å². The molecule has 0 heterocycles. The van der Waals surface area contributed by atoms with Gasteiger partial charge >= 0.3 is 13.8 Å². The van der Waals surface area contributed by atoms with E-state index in [2.05, 4.69) is 38.2 Å². The van der Waals surface area contributed by atoms with Crippen molar-refractivity contribution >= 4 is 13.8 Å². The van der Waals surface area contributed by atoms with Crippen LogP contribution in [-0.2, 0) is 27.9 Å². The summed E-state index contributed by atoms with van der Waals surface area (Å²) in [7, 11) is -5.02. The third kappa shape index (κ3) is 29.7. The van der Waals surface area contributed by atoms with Gasteiger partial charge in [-0.15, -0.1) is 0 Å². The van der Waals surface area contributed by atoms with Crippen molar-refractivity contribution in [3.05, 3.63) is 24.3 Å². The number of carbonyl (C=O) groups excluding carboxylic acids is 1. The molecule has 1 aliphatic carbocycles. The Morgan fingerprint density at radius 1 is 0.542 bits per heavy atom. The first kappa shape index (κ1) is 55.8. The van der Waals surface area contributed by atoms with Crippen LogP contribution >= 0.6 is 7.82 Å². The van der Waals surface area contributed by atoms with Gasteiger partial charge in [-0.2, -0.15) is 0 Å². The summed E-state index contributed by atoms with van der Waals surface area (Å²) in [5, 5.41) is 50.2. The number of aliphatic hydroxyl groups is 5. The van der Waals surface area contributed by atoms with Crippen LogP contribution in [0.3, 0.4) is 0 Å². The molecular formula is C46H87O12P. The van der Waals surface area contributed by atoms with E-state index in [1.807, 2.05) is 0 Å². The molecule has 1 fully saturated rings. The number of unbranched alkanes of at least 4 members (excludes halogenated alkanes) is 24. The molecule has 0 aromatic heterocycles. The Morgan fingerprint density at radius 2 is 0.949 bits per heavy atom. The Hall–Kier alpha value is -1.18. The third-order valence-electron chi connectivity index (χ3n) is 11.1. The Kier molecular flexibility index (Phi) is 35.4. The molecule has 1 aliphatic rings. The fourth-order valence-electron chi connectivity index (χ4n) is 7.27. The zero-order valence-corrected chi connectivity index (χ0v) is 38.0. The number of ether oxygens (including phenoxy) is 2. The van der Waals surface area contributed by atoms with Gasteiger partial charge in [0, 0.05) is 13.0 Å². The van der Waals surface area contributed by atoms with Crippen LogP contribution in [0.5, 0.6) is 0 Å². The molecule has 348 valence electrons. The third-order valence-corrected chi connectivity index (χ3v) is 12.1. The summed E-state index contributed by atoms with van der Waals surface area (Å²) in [6, 6.07) is 0. The van der Waals surface area contributed by atoms with E-state index in [-0.39, 0.29) is 13.0 Å². The largest absolute Gasteiger partial charge is 0.472 e. The highest BCUT2D eigenvalue weighted by molar-refractivity contribution is 7.47. The molecule has 13 heteroatoms. The molecule has 0 aliphatic heterocycles. The summed E-state index contributed by atoms with van der Waals surface area (Å²) in [4.78, 5) is 23.2. The van der Waals surface area contributed by atoms with Crippen LogP contribution in [0.1, 0.15) is 200 Å².